The van der Waals surface area contributed by atoms with Crippen LogP contribution < -0.4 is 0 Å². The maximum Gasteiger partial charge on any atom is 0.321 e. The lowest BCUT2D eigenvalue weighted by Crippen LogP contribution is -2.44. The number of benzene rings is 1. The van der Waals surface area contributed by atoms with E-state index in [1.165, 1.54) is 6.07 Å². The molecule has 26 heavy (non-hydrogen) atoms. The predicted octanol–water partition coefficient (Wildman–Crippen LogP) is 3.43. The summed E-state index contributed by atoms with van der Waals surface area (Å²) < 4.78 is 0. The maximum atomic E-state index is 11.5. The van der Waals surface area contributed by atoms with Crippen molar-refractivity contribution in [1.29, 1.82) is 0 Å². The quantitative estimate of drug-likeness (QED) is 0.613. The number of aliphatic hydroxyl groups is 1. The maximum absolute atomic E-state index is 11.5. The molecule has 3 aliphatic carbocycles. The highest BCUT2D eigenvalue weighted by Gasteiger charge is 2.55. The molecule has 0 radical (unpaired) electrons. The van der Waals surface area contributed by atoms with Gasteiger partial charge in [-0.05, 0) is 67.3 Å². The third-order valence-corrected chi connectivity index (χ3v) is 7.29. The summed E-state index contributed by atoms with van der Waals surface area (Å²) in [6, 6.07) is 1.35. The Morgan fingerprint density at radius 2 is 1.88 bits per heavy atom. The van der Waals surface area contributed by atoms with Gasteiger partial charge in [0, 0.05) is 11.6 Å². The monoisotopic (exact) mass is 362 g/mol. The van der Waals surface area contributed by atoms with Gasteiger partial charge in [0.2, 0.25) is 0 Å². The topological polar surface area (TPSA) is 127 Å². The van der Waals surface area contributed by atoms with Gasteiger partial charge in [0.1, 0.15) is 0 Å². The van der Waals surface area contributed by atoms with Crippen molar-refractivity contribution >= 4 is 11.4 Å². The molecule has 0 aromatic heterocycles. The molecule has 0 heterocycles. The third kappa shape index (κ3) is 2.17. The van der Waals surface area contributed by atoms with Crippen LogP contribution in [0.2, 0.25) is 0 Å². The summed E-state index contributed by atoms with van der Waals surface area (Å²) in [5, 5.41) is 43.3. The molecule has 0 spiro atoms. The van der Waals surface area contributed by atoms with Gasteiger partial charge in [0.25, 0.3) is 5.75 Å². The molecule has 8 heteroatoms. The Hall–Kier alpha value is -2.22. The first-order valence-corrected chi connectivity index (χ1v) is 9.11. The second-order valence-corrected chi connectivity index (χ2v) is 8.23. The Balaban J connectivity index is 1.84. The highest BCUT2D eigenvalue weighted by atomic mass is 16.6. The molecule has 1 unspecified atom stereocenters. The Morgan fingerprint density at radius 3 is 2.54 bits per heavy atom. The van der Waals surface area contributed by atoms with Crippen molar-refractivity contribution < 1.29 is 20.1 Å². The summed E-state index contributed by atoms with van der Waals surface area (Å²) in [5.41, 5.74) is -0.126. The van der Waals surface area contributed by atoms with Crippen molar-refractivity contribution in [3.8, 4) is 5.75 Å². The summed E-state index contributed by atoms with van der Waals surface area (Å²) in [7, 11) is 0. The SMILES string of the molecule is C[C@]12CC[C@@H]3c4cc([N+](=O)[O-])c(O)c([N+](=O)[O-])c4CC[C@H]3[C@@H]1CCC2O. The molecule has 2 N–H and O–H groups in total. The first-order chi connectivity index (χ1) is 12.3. The summed E-state index contributed by atoms with van der Waals surface area (Å²) in [4.78, 5) is 21.4. The first kappa shape index (κ1) is 17.2. The van der Waals surface area contributed by atoms with Crippen molar-refractivity contribution in [3.63, 3.8) is 0 Å². The Morgan fingerprint density at radius 1 is 1.15 bits per heavy atom. The second kappa shape index (κ2) is 5.64. The number of rotatable bonds is 2. The smallest absolute Gasteiger partial charge is 0.321 e. The highest BCUT2D eigenvalue weighted by molar-refractivity contribution is 5.67. The molecule has 0 saturated heterocycles. The fraction of sp³-hybridized carbons (Fsp3) is 0.667. The van der Waals surface area contributed by atoms with E-state index in [9.17, 15) is 30.4 Å². The molecular formula is C18H22N2O6. The molecule has 1 aromatic carbocycles. The van der Waals surface area contributed by atoms with Gasteiger partial charge in [-0.3, -0.25) is 20.2 Å². The van der Waals surface area contributed by atoms with E-state index in [1.807, 2.05) is 0 Å². The fourth-order valence-corrected chi connectivity index (χ4v) is 5.99. The highest BCUT2D eigenvalue weighted by Crippen LogP contribution is 2.62. The van der Waals surface area contributed by atoms with Crippen molar-refractivity contribution in [2.24, 2.45) is 17.3 Å². The Bertz CT molecular complexity index is 809. The molecular weight excluding hydrogens is 340 g/mol. The molecule has 3 aliphatic rings. The molecule has 2 fully saturated rings. The van der Waals surface area contributed by atoms with Crippen LogP contribution in [0.5, 0.6) is 5.75 Å². The molecule has 1 aromatic rings. The number of aliphatic hydroxyl groups excluding tert-OH is 1. The molecule has 5 atom stereocenters. The van der Waals surface area contributed by atoms with Crippen LogP contribution in [0.25, 0.3) is 0 Å². The standard InChI is InChI=1S/C18H22N2O6/c1-18-7-6-9-10(13(18)4-5-15(18)21)2-3-11-12(9)8-14(19(23)24)17(22)16(11)20(25)26/h8-10,13,15,21-22H,2-7H2,1H3/t9-,10+,13-,15?,18-/m0/s1. The van der Waals surface area contributed by atoms with E-state index >= 15 is 0 Å². The Kier molecular flexibility index (Phi) is 3.73. The van der Waals surface area contributed by atoms with Gasteiger partial charge in [0.05, 0.1) is 16.0 Å². The number of nitro benzene ring substituents is 2. The van der Waals surface area contributed by atoms with Crippen molar-refractivity contribution in [3.05, 3.63) is 37.4 Å². The van der Waals surface area contributed by atoms with Crippen LogP contribution in [0.15, 0.2) is 6.07 Å². The number of fused-ring (bicyclic) bond motifs is 5. The number of phenols is 1. The molecule has 2 saturated carbocycles. The number of nitrogens with zero attached hydrogens (tertiary/aromatic N) is 2. The minimum atomic E-state index is -0.839. The summed E-state index contributed by atoms with van der Waals surface area (Å²) in [6.07, 6.45) is 4.12. The number of aromatic hydroxyl groups is 1. The van der Waals surface area contributed by atoms with E-state index in [4.69, 9.17) is 0 Å². The average Bonchev–Trinajstić information content (AvgIpc) is 2.88. The fourth-order valence-electron chi connectivity index (χ4n) is 5.99. The Labute approximate surface area is 150 Å². The van der Waals surface area contributed by atoms with Gasteiger partial charge in [-0.15, -0.1) is 0 Å². The van der Waals surface area contributed by atoms with Crippen molar-refractivity contribution in [2.45, 2.75) is 57.5 Å². The van der Waals surface area contributed by atoms with Gasteiger partial charge in [-0.2, -0.15) is 0 Å². The van der Waals surface area contributed by atoms with E-state index in [0.717, 1.165) is 32.1 Å². The van der Waals surface area contributed by atoms with Gasteiger partial charge in [-0.25, -0.2) is 0 Å². The lowest BCUT2D eigenvalue weighted by atomic mass is 9.55. The zero-order chi connectivity index (χ0) is 18.8. The lowest BCUT2D eigenvalue weighted by molar-refractivity contribution is -0.396. The van der Waals surface area contributed by atoms with Crippen LogP contribution in [0.3, 0.4) is 0 Å². The molecule has 8 nitrogen and oxygen atoms in total. The van der Waals surface area contributed by atoms with E-state index in [0.29, 0.717) is 23.5 Å². The van der Waals surface area contributed by atoms with E-state index in [1.54, 1.807) is 0 Å². The van der Waals surface area contributed by atoms with Crippen LogP contribution in [-0.4, -0.2) is 26.2 Å². The molecule has 0 amide bonds. The summed E-state index contributed by atoms with van der Waals surface area (Å²) >= 11 is 0. The zero-order valence-corrected chi connectivity index (χ0v) is 14.6. The first-order valence-electron chi connectivity index (χ1n) is 9.11. The van der Waals surface area contributed by atoms with Crippen molar-refractivity contribution in [2.75, 3.05) is 0 Å². The lowest BCUT2D eigenvalue weighted by Gasteiger charge is -2.49. The van der Waals surface area contributed by atoms with E-state index in [2.05, 4.69) is 6.92 Å². The number of hydrogen-bond donors (Lipinski definition) is 2. The number of phenolic OH excluding ortho intramolecular Hbond substituents is 1. The van der Waals surface area contributed by atoms with E-state index < -0.39 is 27.0 Å². The molecule has 4 rings (SSSR count). The van der Waals surface area contributed by atoms with E-state index in [-0.39, 0.29) is 23.4 Å². The van der Waals surface area contributed by atoms with Gasteiger partial charge in [0.15, 0.2) is 0 Å². The molecule has 140 valence electrons. The predicted molar refractivity (Wildman–Crippen MR) is 92.0 cm³/mol. The average molecular weight is 362 g/mol. The van der Waals surface area contributed by atoms with Crippen LogP contribution in [0.1, 0.15) is 56.1 Å². The van der Waals surface area contributed by atoms with Crippen LogP contribution in [-0.2, 0) is 6.42 Å². The van der Waals surface area contributed by atoms with Gasteiger partial charge >= 0.3 is 11.4 Å². The molecule has 0 bridgehead atoms. The van der Waals surface area contributed by atoms with Gasteiger partial charge < -0.3 is 10.2 Å². The largest absolute Gasteiger partial charge is 0.497 e. The zero-order valence-electron chi connectivity index (χ0n) is 14.6. The summed E-state index contributed by atoms with van der Waals surface area (Å²) in [5.74, 6) is -0.229. The number of nitro groups is 2. The summed E-state index contributed by atoms with van der Waals surface area (Å²) in [6.45, 7) is 2.13. The third-order valence-electron chi connectivity index (χ3n) is 7.29. The molecule has 0 aliphatic heterocycles. The minimum Gasteiger partial charge on any atom is -0.497 e. The van der Waals surface area contributed by atoms with Gasteiger partial charge in [-0.1, -0.05) is 6.92 Å². The minimum absolute atomic E-state index is 0.0140. The normalized spacial score (nSPS) is 35.3. The van der Waals surface area contributed by atoms with Crippen LogP contribution in [0.4, 0.5) is 11.4 Å². The number of hydrogen-bond acceptors (Lipinski definition) is 6. The van der Waals surface area contributed by atoms with Crippen LogP contribution in [0, 0.1) is 37.5 Å². The van der Waals surface area contributed by atoms with Crippen molar-refractivity contribution in [1.82, 2.24) is 0 Å². The second-order valence-electron chi connectivity index (χ2n) is 8.23. The van der Waals surface area contributed by atoms with Crippen LogP contribution >= 0.6 is 0 Å².